The molecule has 0 saturated carbocycles. The Morgan fingerprint density at radius 3 is 2.48 bits per heavy atom. The Balaban J connectivity index is 1.13. The average Bonchev–Trinajstić information content (AvgIpc) is 3.00. The standard InChI is InChI=1S/C32H32N2O7S/c1-2-39-32(36)25-8-6-23(7-9-25)24-10-12-26(13-11-24)40-17-16-33-20-31(35)29-15-14-27-19-30(29)34-42(37,38)28-5-3-4-22(18-28)21-41-27/h3-15,18-19,31,33-35H,2,16-17,20-21H2,1H3. The molecule has 218 valence electrons. The molecule has 0 radical (unpaired) electrons. The summed E-state index contributed by atoms with van der Waals surface area (Å²) in [5, 5.41) is 14.0. The number of nitrogens with one attached hydrogen (secondary N) is 2. The number of hydrogen-bond acceptors (Lipinski definition) is 8. The number of carbonyl (C=O) groups excluding carboxylic acids is 1. The Morgan fingerprint density at radius 2 is 1.74 bits per heavy atom. The number of sulfonamides is 1. The Hall–Kier alpha value is -4.38. The largest absolute Gasteiger partial charge is 0.492 e. The fourth-order valence-corrected chi connectivity index (χ4v) is 5.67. The van der Waals surface area contributed by atoms with E-state index in [0.717, 1.165) is 16.7 Å². The van der Waals surface area contributed by atoms with Gasteiger partial charge in [0, 0.05) is 24.7 Å². The highest BCUT2D eigenvalue weighted by Gasteiger charge is 2.21. The molecule has 1 unspecified atom stereocenters. The van der Waals surface area contributed by atoms with Gasteiger partial charge in [-0.3, -0.25) is 4.72 Å². The molecule has 5 rings (SSSR count). The van der Waals surface area contributed by atoms with Crippen LogP contribution >= 0.6 is 0 Å². The molecule has 9 nitrogen and oxygen atoms in total. The molecule has 10 heteroatoms. The van der Waals surface area contributed by atoms with Crippen molar-refractivity contribution in [1.82, 2.24) is 5.32 Å². The minimum atomic E-state index is -3.84. The van der Waals surface area contributed by atoms with E-state index >= 15 is 0 Å². The number of benzene rings is 4. The number of anilines is 1. The summed E-state index contributed by atoms with van der Waals surface area (Å²) in [5.74, 6) is 0.854. The van der Waals surface area contributed by atoms with E-state index in [9.17, 15) is 18.3 Å². The molecule has 0 spiro atoms. The summed E-state index contributed by atoms with van der Waals surface area (Å²) in [4.78, 5) is 12.0. The first-order valence-corrected chi connectivity index (χ1v) is 15.1. The second kappa shape index (κ2) is 13.1. The molecule has 1 aliphatic heterocycles. The van der Waals surface area contributed by atoms with Crippen LogP contribution in [-0.2, 0) is 21.4 Å². The Bertz CT molecular complexity index is 1640. The molecule has 0 fully saturated rings. The van der Waals surface area contributed by atoms with Crippen molar-refractivity contribution in [3.8, 4) is 22.6 Å². The minimum Gasteiger partial charge on any atom is -0.492 e. The molecular weight excluding hydrogens is 556 g/mol. The van der Waals surface area contributed by atoms with Crippen LogP contribution in [0.5, 0.6) is 11.5 Å². The predicted molar refractivity (Wildman–Crippen MR) is 159 cm³/mol. The number of rotatable bonds is 10. The van der Waals surface area contributed by atoms with Crippen LogP contribution in [0.2, 0.25) is 0 Å². The molecule has 42 heavy (non-hydrogen) atoms. The van der Waals surface area contributed by atoms with Gasteiger partial charge in [0.25, 0.3) is 10.0 Å². The number of fused-ring (bicyclic) bond motifs is 4. The number of hydrogen-bond donors (Lipinski definition) is 3. The van der Waals surface area contributed by atoms with Gasteiger partial charge in [0.2, 0.25) is 0 Å². The molecular formula is C32H32N2O7S. The second-order valence-electron chi connectivity index (χ2n) is 9.68. The summed E-state index contributed by atoms with van der Waals surface area (Å²) in [6.07, 6.45) is -0.972. The van der Waals surface area contributed by atoms with Crippen molar-refractivity contribution in [2.45, 2.75) is 24.5 Å². The van der Waals surface area contributed by atoms with Gasteiger partial charge in [-0.25, -0.2) is 13.2 Å². The Morgan fingerprint density at radius 1 is 1.00 bits per heavy atom. The van der Waals surface area contributed by atoms with E-state index in [0.29, 0.717) is 42.4 Å². The number of carbonyl (C=O) groups is 1. The summed E-state index contributed by atoms with van der Waals surface area (Å²) in [7, 11) is -3.84. The SMILES string of the molecule is CCOC(=O)c1ccc(-c2ccc(OCCNCC(O)c3ccc4cc3NS(=O)(=O)c3cccc(c3)CO4)cc2)cc1. The average molecular weight is 589 g/mol. The molecule has 0 amide bonds. The smallest absolute Gasteiger partial charge is 0.338 e. The van der Waals surface area contributed by atoms with Gasteiger partial charge in [-0.2, -0.15) is 0 Å². The third-order valence-electron chi connectivity index (χ3n) is 6.71. The van der Waals surface area contributed by atoms with Crippen LogP contribution in [0.25, 0.3) is 11.1 Å². The van der Waals surface area contributed by atoms with Crippen molar-refractivity contribution in [2.24, 2.45) is 0 Å². The van der Waals surface area contributed by atoms with E-state index in [1.54, 1.807) is 55.5 Å². The summed E-state index contributed by atoms with van der Waals surface area (Å²) in [5.41, 5.74) is 3.91. The van der Waals surface area contributed by atoms with Crippen molar-refractivity contribution in [1.29, 1.82) is 0 Å². The van der Waals surface area contributed by atoms with Gasteiger partial charge in [0.15, 0.2) is 0 Å². The number of esters is 1. The maximum Gasteiger partial charge on any atom is 0.338 e. The normalized spacial score (nSPS) is 14.1. The van der Waals surface area contributed by atoms with Crippen LogP contribution < -0.4 is 19.5 Å². The molecule has 0 aliphatic carbocycles. The fraction of sp³-hybridized carbons (Fsp3) is 0.219. The zero-order valence-corrected chi connectivity index (χ0v) is 23.9. The van der Waals surface area contributed by atoms with E-state index in [-0.39, 0.29) is 29.7 Å². The van der Waals surface area contributed by atoms with E-state index in [2.05, 4.69) is 10.0 Å². The quantitative estimate of drug-likeness (QED) is 0.176. The zero-order chi connectivity index (χ0) is 29.5. The highest BCUT2D eigenvalue weighted by Crippen LogP contribution is 2.31. The van der Waals surface area contributed by atoms with Crippen LogP contribution in [0.15, 0.2) is 95.9 Å². The summed E-state index contributed by atoms with van der Waals surface area (Å²) in [6, 6.07) is 26.4. The van der Waals surface area contributed by atoms with E-state index in [1.807, 2.05) is 36.4 Å². The van der Waals surface area contributed by atoms with Gasteiger partial charge in [-0.05, 0) is 66.1 Å². The van der Waals surface area contributed by atoms with E-state index in [1.165, 1.54) is 6.07 Å². The second-order valence-corrected chi connectivity index (χ2v) is 11.4. The van der Waals surface area contributed by atoms with Crippen LogP contribution in [0.4, 0.5) is 5.69 Å². The number of ether oxygens (including phenoxy) is 3. The van der Waals surface area contributed by atoms with Crippen LogP contribution in [0, 0.1) is 0 Å². The third-order valence-corrected chi connectivity index (χ3v) is 8.07. The van der Waals surface area contributed by atoms with Crippen LogP contribution in [0.3, 0.4) is 0 Å². The molecule has 1 aliphatic rings. The molecule has 4 bridgehead atoms. The Kier molecular flexibility index (Phi) is 9.06. The van der Waals surface area contributed by atoms with Gasteiger partial charge in [-0.15, -0.1) is 0 Å². The molecule has 4 aromatic carbocycles. The van der Waals surface area contributed by atoms with Gasteiger partial charge in [0.05, 0.1) is 28.9 Å². The first-order chi connectivity index (χ1) is 20.3. The first kappa shape index (κ1) is 29.1. The number of aliphatic hydroxyl groups is 1. The molecule has 1 atom stereocenters. The lowest BCUT2D eigenvalue weighted by Crippen LogP contribution is -2.27. The van der Waals surface area contributed by atoms with Gasteiger partial charge >= 0.3 is 5.97 Å². The molecule has 3 N–H and O–H groups in total. The zero-order valence-electron chi connectivity index (χ0n) is 23.1. The molecule has 0 saturated heterocycles. The highest BCUT2D eigenvalue weighted by molar-refractivity contribution is 7.92. The first-order valence-electron chi connectivity index (χ1n) is 13.6. The third kappa shape index (κ3) is 7.09. The van der Waals surface area contributed by atoms with Crippen molar-refractivity contribution in [3.63, 3.8) is 0 Å². The van der Waals surface area contributed by atoms with E-state index < -0.39 is 16.1 Å². The van der Waals surface area contributed by atoms with Crippen LogP contribution in [-0.4, -0.2) is 45.8 Å². The van der Waals surface area contributed by atoms with Crippen LogP contribution in [0.1, 0.15) is 34.5 Å². The molecule has 1 heterocycles. The lowest BCUT2D eigenvalue weighted by atomic mass is 10.0. The van der Waals surface area contributed by atoms with Crippen molar-refractivity contribution in [2.75, 3.05) is 31.0 Å². The maximum atomic E-state index is 13.0. The lowest BCUT2D eigenvalue weighted by molar-refractivity contribution is 0.0526. The molecule has 4 aromatic rings. The highest BCUT2D eigenvalue weighted by atomic mass is 32.2. The predicted octanol–water partition coefficient (Wildman–Crippen LogP) is 4.93. The van der Waals surface area contributed by atoms with Crippen molar-refractivity contribution in [3.05, 3.63) is 108 Å². The maximum absolute atomic E-state index is 13.0. The van der Waals surface area contributed by atoms with E-state index in [4.69, 9.17) is 14.2 Å². The summed E-state index contributed by atoms with van der Waals surface area (Å²) < 4.78 is 45.2. The van der Waals surface area contributed by atoms with Gasteiger partial charge in [-0.1, -0.05) is 42.5 Å². The Labute approximate surface area is 245 Å². The monoisotopic (exact) mass is 588 g/mol. The number of aliphatic hydroxyl groups excluding tert-OH is 1. The summed E-state index contributed by atoms with van der Waals surface area (Å²) in [6.45, 7) is 3.36. The lowest BCUT2D eigenvalue weighted by Gasteiger charge is -2.20. The van der Waals surface area contributed by atoms with Crippen molar-refractivity contribution >= 4 is 21.7 Å². The van der Waals surface area contributed by atoms with Crippen molar-refractivity contribution < 1.29 is 32.5 Å². The van der Waals surface area contributed by atoms with Gasteiger partial charge in [0.1, 0.15) is 24.7 Å². The molecule has 0 aromatic heterocycles. The topological polar surface area (TPSA) is 123 Å². The summed E-state index contributed by atoms with van der Waals surface area (Å²) >= 11 is 0. The minimum absolute atomic E-state index is 0.131. The van der Waals surface area contributed by atoms with Gasteiger partial charge < -0.3 is 24.6 Å². The fourth-order valence-electron chi connectivity index (χ4n) is 4.52.